The van der Waals surface area contributed by atoms with Crippen LogP contribution in [0.2, 0.25) is 0 Å². The lowest BCUT2D eigenvalue weighted by atomic mass is 10.1. The fourth-order valence-corrected chi connectivity index (χ4v) is 3.43. The van der Waals surface area contributed by atoms with Crippen LogP contribution in [-0.4, -0.2) is 29.1 Å². The molecule has 1 heterocycles. The van der Waals surface area contributed by atoms with E-state index in [1.807, 2.05) is 13.0 Å². The molecule has 0 bridgehead atoms. The maximum absolute atomic E-state index is 12.2. The zero-order valence-corrected chi connectivity index (χ0v) is 15.4. The minimum Gasteiger partial charge on any atom is -0.481 e. The molecule has 1 aromatic carbocycles. The van der Waals surface area contributed by atoms with E-state index in [4.69, 9.17) is 14.3 Å². The molecule has 0 fully saturated rings. The number of benzene rings is 1. The summed E-state index contributed by atoms with van der Waals surface area (Å²) in [6, 6.07) is 4.22. The Balaban J connectivity index is 1.76. The fourth-order valence-electron chi connectivity index (χ4n) is 3.43. The Morgan fingerprint density at radius 2 is 2.04 bits per heavy atom. The molecule has 1 aromatic heterocycles. The first-order valence-electron chi connectivity index (χ1n) is 9.19. The molecule has 2 atom stereocenters. The zero-order valence-electron chi connectivity index (χ0n) is 15.4. The molecule has 1 amide bonds. The van der Waals surface area contributed by atoms with Gasteiger partial charge < -0.3 is 19.6 Å². The first kappa shape index (κ1) is 18.9. The van der Waals surface area contributed by atoms with E-state index in [1.165, 1.54) is 0 Å². The van der Waals surface area contributed by atoms with E-state index in [9.17, 15) is 14.4 Å². The van der Waals surface area contributed by atoms with Crippen LogP contribution in [0.4, 0.5) is 0 Å². The summed E-state index contributed by atoms with van der Waals surface area (Å²) in [7, 11) is 0. The van der Waals surface area contributed by atoms with Crippen molar-refractivity contribution in [2.75, 3.05) is 0 Å². The summed E-state index contributed by atoms with van der Waals surface area (Å²) in [4.78, 5) is 35.5. The third-order valence-corrected chi connectivity index (χ3v) is 4.82. The second-order valence-electron chi connectivity index (χ2n) is 6.81. The number of aliphatic carboxylic acids is 1. The highest BCUT2D eigenvalue weighted by atomic mass is 16.5. The lowest BCUT2D eigenvalue weighted by Crippen LogP contribution is -2.46. The fraction of sp³-hybridized carbons (Fsp3) is 0.450. The van der Waals surface area contributed by atoms with Gasteiger partial charge >= 0.3 is 11.6 Å². The van der Waals surface area contributed by atoms with Crippen LogP contribution >= 0.6 is 0 Å². The maximum atomic E-state index is 12.2. The van der Waals surface area contributed by atoms with Crippen molar-refractivity contribution in [1.29, 1.82) is 0 Å². The van der Waals surface area contributed by atoms with Crippen molar-refractivity contribution < 1.29 is 23.8 Å². The quantitative estimate of drug-likeness (QED) is 0.722. The number of carboxylic acids is 1. The van der Waals surface area contributed by atoms with E-state index in [0.29, 0.717) is 24.2 Å². The van der Waals surface area contributed by atoms with Gasteiger partial charge in [-0.1, -0.05) is 13.3 Å². The summed E-state index contributed by atoms with van der Waals surface area (Å²) in [5, 5.41) is 12.5. The summed E-state index contributed by atoms with van der Waals surface area (Å²) >= 11 is 0. The van der Waals surface area contributed by atoms with Crippen molar-refractivity contribution in [3.8, 4) is 5.75 Å². The van der Waals surface area contributed by atoms with Crippen molar-refractivity contribution in [3.63, 3.8) is 0 Å². The van der Waals surface area contributed by atoms with Gasteiger partial charge in [0, 0.05) is 17.0 Å². The van der Waals surface area contributed by atoms with Crippen LogP contribution in [0.5, 0.6) is 5.75 Å². The van der Waals surface area contributed by atoms with Crippen molar-refractivity contribution in [2.24, 2.45) is 0 Å². The van der Waals surface area contributed by atoms with E-state index >= 15 is 0 Å². The Bertz CT molecular complexity index is 932. The number of hydrogen-bond acceptors (Lipinski definition) is 5. The van der Waals surface area contributed by atoms with Crippen LogP contribution in [0.15, 0.2) is 27.4 Å². The van der Waals surface area contributed by atoms with Gasteiger partial charge in [0.15, 0.2) is 6.10 Å². The van der Waals surface area contributed by atoms with Gasteiger partial charge in [0.2, 0.25) is 0 Å². The lowest BCUT2D eigenvalue weighted by molar-refractivity contribution is -0.143. The average Bonchev–Trinajstić information content (AvgIpc) is 3.11. The molecular weight excluding hydrogens is 350 g/mol. The SMILES string of the molecule is CCCC(NC(=O)C(C)Oc1ccc2c3c(c(=O)oc2c1)CCC3)C(=O)O. The minimum absolute atomic E-state index is 0.318. The first-order chi connectivity index (χ1) is 12.9. The van der Waals surface area contributed by atoms with Gasteiger partial charge in [0.25, 0.3) is 5.91 Å². The number of amides is 1. The third kappa shape index (κ3) is 3.97. The molecule has 1 aliphatic carbocycles. The molecular formula is C20H23NO6. The Morgan fingerprint density at radius 1 is 1.30 bits per heavy atom. The monoisotopic (exact) mass is 373 g/mol. The smallest absolute Gasteiger partial charge is 0.339 e. The van der Waals surface area contributed by atoms with Gasteiger partial charge in [-0.25, -0.2) is 9.59 Å². The highest BCUT2D eigenvalue weighted by molar-refractivity contribution is 5.86. The zero-order chi connectivity index (χ0) is 19.6. The number of nitrogens with one attached hydrogen (secondary N) is 1. The Kier molecular flexibility index (Phi) is 5.48. The second-order valence-corrected chi connectivity index (χ2v) is 6.81. The van der Waals surface area contributed by atoms with Crippen LogP contribution < -0.4 is 15.7 Å². The number of ether oxygens (including phenoxy) is 1. The van der Waals surface area contributed by atoms with Gasteiger partial charge in [-0.05, 0) is 50.3 Å². The summed E-state index contributed by atoms with van der Waals surface area (Å²) in [5.74, 6) is -1.20. The van der Waals surface area contributed by atoms with Crippen LogP contribution in [0, 0.1) is 0 Å². The predicted octanol–water partition coefficient (Wildman–Crippen LogP) is 2.42. The molecule has 3 rings (SSSR count). The van der Waals surface area contributed by atoms with E-state index in [1.54, 1.807) is 19.1 Å². The van der Waals surface area contributed by atoms with E-state index in [0.717, 1.165) is 35.8 Å². The molecule has 2 unspecified atom stereocenters. The Morgan fingerprint density at radius 3 is 2.74 bits per heavy atom. The Hall–Kier alpha value is -2.83. The van der Waals surface area contributed by atoms with Crippen LogP contribution in [0.3, 0.4) is 0 Å². The molecule has 0 aliphatic heterocycles. The molecule has 0 radical (unpaired) electrons. The van der Waals surface area contributed by atoms with E-state index in [-0.39, 0.29) is 5.63 Å². The molecule has 2 N–H and O–H groups in total. The predicted molar refractivity (Wildman–Crippen MR) is 99.1 cm³/mol. The van der Waals surface area contributed by atoms with Crippen LogP contribution in [-0.2, 0) is 22.4 Å². The lowest BCUT2D eigenvalue weighted by Gasteiger charge is -2.18. The minimum atomic E-state index is -1.07. The van der Waals surface area contributed by atoms with Gasteiger partial charge in [-0.2, -0.15) is 0 Å². The van der Waals surface area contributed by atoms with Crippen LogP contribution in [0.25, 0.3) is 11.0 Å². The van der Waals surface area contributed by atoms with Gasteiger partial charge in [0.05, 0.1) is 0 Å². The summed E-state index contributed by atoms with van der Waals surface area (Å²) in [5.41, 5.74) is 1.89. The topological polar surface area (TPSA) is 106 Å². The summed E-state index contributed by atoms with van der Waals surface area (Å²) in [6.45, 7) is 3.39. The number of aryl methyl sites for hydroxylation is 1. The molecule has 2 aromatic rings. The highest BCUT2D eigenvalue weighted by Crippen LogP contribution is 2.29. The number of carbonyl (C=O) groups is 2. The van der Waals surface area contributed by atoms with Gasteiger partial charge in [-0.15, -0.1) is 0 Å². The summed E-state index contributed by atoms with van der Waals surface area (Å²) < 4.78 is 11.0. The van der Waals surface area contributed by atoms with Crippen molar-refractivity contribution >= 4 is 22.8 Å². The van der Waals surface area contributed by atoms with Gasteiger partial charge in [0.1, 0.15) is 17.4 Å². The summed E-state index contributed by atoms with van der Waals surface area (Å²) in [6.07, 6.45) is 2.63. The molecule has 0 spiro atoms. The van der Waals surface area contributed by atoms with E-state index in [2.05, 4.69) is 5.32 Å². The largest absolute Gasteiger partial charge is 0.481 e. The molecule has 7 nitrogen and oxygen atoms in total. The molecule has 27 heavy (non-hydrogen) atoms. The number of carbonyl (C=O) groups excluding carboxylic acids is 1. The number of hydrogen-bond donors (Lipinski definition) is 2. The standard InChI is InChI=1S/C20H23NO6/c1-3-5-16(19(23)24)21-18(22)11(2)26-12-8-9-14-13-6-4-7-15(13)20(25)27-17(14)10-12/h8-11,16H,3-7H2,1-2H3,(H,21,22)(H,23,24). The van der Waals surface area contributed by atoms with Crippen molar-refractivity contribution in [3.05, 3.63) is 39.7 Å². The number of carboxylic acid groups (broad SMARTS) is 1. The first-order valence-corrected chi connectivity index (χ1v) is 9.19. The maximum Gasteiger partial charge on any atom is 0.339 e. The van der Waals surface area contributed by atoms with E-state index < -0.39 is 24.0 Å². The average molecular weight is 373 g/mol. The Labute approximate surface area is 156 Å². The second kappa shape index (κ2) is 7.82. The van der Waals surface area contributed by atoms with Gasteiger partial charge in [-0.3, -0.25) is 4.79 Å². The normalized spacial score (nSPS) is 15.2. The molecule has 1 aliphatic rings. The van der Waals surface area contributed by atoms with Crippen LogP contribution in [0.1, 0.15) is 44.2 Å². The van der Waals surface area contributed by atoms with Crippen molar-refractivity contribution in [1.82, 2.24) is 5.32 Å². The molecule has 0 saturated carbocycles. The molecule has 144 valence electrons. The molecule has 0 saturated heterocycles. The van der Waals surface area contributed by atoms with Crippen molar-refractivity contribution in [2.45, 2.75) is 58.1 Å². The third-order valence-electron chi connectivity index (χ3n) is 4.82. The number of fused-ring (bicyclic) bond motifs is 3. The highest BCUT2D eigenvalue weighted by Gasteiger charge is 2.24. The molecule has 7 heteroatoms. The number of rotatable bonds is 7.